The van der Waals surface area contributed by atoms with Crippen LogP contribution in [-0.2, 0) is 9.53 Å². The van der Waals surface area contributed by atoms with Gasteiger partial charge in [-0.3, -0.25) is 4.79 Å². The first-order valence-corrected chi connectivity index (χ1v) is 5.99. The molecule has 1 aromatic carbocycles. The van der Waals surface area contributed by atoms with Crippen molar-refractivity contribution < 1.29 is 23.8 Å². The van der Waals surface area contributed by atoms with Crippen LogP contribution in [0.2, 0.25) is 0 Å². The number of rotatable bonds is 4. The molecule has 0 aromatic heterocycles. The number of carboxylic acids is 1. The van der Waals surface area contributed by atoms with Crippen LogP contribution in [0, 0.1) is 5.82 Å². The van der Waals surface area contributed by atoms with Gasteiger partial charge >= 0.3 is 5.97 Å². The molecular formula is C13H14FNO4. The zero-order valence-corrected chi connectivity index (χ0v) is 10.1. The van der Waals surface area contributed by atoms with Gasteiger partial charge in [-0.1, -0.05) is 12.1 Å². The Hall–Kier alpha value is -1.95. The third kappa shape index (κ3) is 3.29. The fraction of sp³-hybridized carbons (Fsp3) is 0.385. The standard InChI is InChI=1S/C13H14FNO4/c14-10-4-2-1-3-9(10)12(16)15-7-8-5-6-11(19-8)13(17)18/h1-4,8,11H,5-7H2,(H,15,16)(H,17,18). The van der Waals surface area contributed by atoms with E-state index < -0.39 is 23.8 Å². The van der Waals surface area contributed by atoms with Crippen LogP contribution in [0.25, 0.3) is 0 Å². The lowest BCUT2D eigenvalue weighted by atomic mass is 10.1. The second-order valence-electron chi connectivity index (χ2n) is 4.35. The monoisotopic (exact) mass is 267 g/mol. The fourth-order valence-corrected chi connectivity index (χ4v) is 1.98. The number of nitrogens with one attached hydrogen (secondary N) is 1. The van der Waals surface area contributed by atoms with E-state index in [1.54, 1.807) is 6.07 Å². The molecule has 0 bridgehead atoms. The summed E-state index contributed by atoms with van der Waals surface area (Å²) < 4.78 is 18.6. The Labute approximate surface area is 109 Å². The van der Waals surface area contributed by atoms with Crippen molar-refractivity contribution in [1.29, 1.82) is 0 Å². The van der Waals surface area contributed by atoms with Crippen molar-refractivity contribution in [1.82, 2.24) is 5.32 Å². The maximum absolute atomic E-state index is 13.3. The Bertz CT molecular complexity index is 491. The summed E-state index contributed by atoms with van der Waals surface area (Å²) >= 11 is 0. The topological polar surface area (TPSA) is 75.6 Å². The van der Waals surface area contributed by atoms with Crippen LogP contribution in [0.5, 0.6) is 0 Å². The van der Waals surface area contributed by atoms with Gasteiger partial charge in [-0.2, -0.15) is 0 Å². The number of amides is 1. The fourth-order valence-electron chi connectivity index (χ4n) is 1.98. The number of hydrogen-bond acceptors (Lipinski definition) is 3. The van der Waals surface area contributed by atoms with Crippen LogP contribution < -0.4 is 5.32 Å². The molecule has 5 nitrogen and oxygen atoms in total. The van der Waals surface area contributed by atoms with E-state index in [9.17, 15) is 14.0 Å². The minimum absolute atomic E-state index is 0.0321. The molecule has 0 spiro atoms. The molecule has 2 unspecified atom stereocenters. The molecular weight excluding hydrogens is 253 g/mol. The Kier molecular flexibility index (Phi) is 4.11. The summed E-state index contributed by atoms with van der Waals surface area (Å²) in [6, 6.07) is 5.68. The normalized spacial score (nSPS) is 22.2. The molecule has 0 aliphatic carbocycles. The highest BCUT2D eigenvalue weighted by Crippen LogP contribution is 2.19. The Morgan fingerprint density at radius 1 is 1.37 bits per heavy atom. The lowest BCUT2D eigenvalue weighted by Gasteiger charge is -2.12. The highest BCUT2D eigenvalue weighted by molar-refractivity contribution is 5.94. The number of carbonyl (C=O) groups excluding carboxylic acids is 1. The number of carboxylic acid groups (broad SMARTS) is 1. The minimum Gasteiger partial charge on any atom is -0.479 e. The average molecular weight is 267 g/mol. The lowest BCUT2D eigenvalue weighted by Crippen LogP contribution is -2.33. The first kappa shape index (κ1) is 13.5. The number of benzene rings is 1. The summed E-state index contributed by atoms with van der Waals surface area (Å²) in [6.45, 7) is 0.178. The van der Waals surface area contributed by atoms with E-state index in [0.717, 1.165) is 0 Å². The molecule has 2 atom stereocenters. The SMILES string of the molecule is O=C(NCC1CCC(C(=O)O)O1)c1ccccc1F. The van der Waals surface area contributed by atoms with Crippen molar-refractivity contribution in [2.24, 2.45) is 0 Å². The highest BCUT2D eigenvalue weighted by Gasteiger charge is 2.30. The lowest BCUT2D eigenvalue weighted by molar-refractivity contribution is -0.149. The summed E-state index contributed by atoms with van der Waals surface area (Å²) in [6.07, 6.45) is -0.156. The molecule has 2 rings (SSSR count). The van der Waals surface area contributed by atoms with E-state index >= 15 is 0 Å². The van der Waals surface area contributed by atoms with Gasteiger partial charge in [0.25, 0.3) is 5.91 Å². The number of ether oxygens (including phenoxy) is 1. The second-order valence-corrected chi connectivity index (χ2v) is 4.35. The van der Waals surface area contributed by atoms with Crippen LogP contribution >= 0.6 is 0 Å². The van der Waals surface area contributed by atoms with Crippen LogP contribution in [0.1, 0.15) is 23.2 Å². The number of aliphatic carboxylic acids is 1. The van der Waals surface area contributed by atoms with E-state index in [0.29, 0.717) is 12.8 Å². The molecule has 0 radical (unpaired) electrons. The van der Waals surface area contributed by atoms with Crippen molar-refractivity contribution in [3.63, 3.8) is 0 Å². The number of halogens is 1. The predicted molar refractivity (Wildman–Crippen MR) is 64.3 cm³/mol. The molecule has 1 aliphatic heterocycles. The molecule has 2 N–H and O–H groups in total. The van der Waals surface area contributed by atoms with Crippen LogP contribution in [-0.4, -0.2) is 35.7 Å². The first-order chi connectivity index (χ1) is 9.08. The van der Waals surface area contributed by atoms with Gasteiger partial charge in [-0.25, -0.2) is 9.18 Å². The highest BCUT2D eigenvalue weighted by atomic mass is 19.1. The molecule has 1 amide bonds. The molecule has 1 saturated heterocycles. The first-order valence-electron chi connectivity index (χ1n) is 5.99. The average Bonchev–Trinajstić information content (AvgIpc) is 2.85. The quantitative estimate of drug-likeness (QED) is 0.859. The van der Waals surface area contributed by atoms with Crippen LogP contribution in [0.4, 0.5) is 4.39 Å². The van der Waals surface area contributed by atoms with Crippen molar-refractivity contribution >= 4 is 11.9 Å². The third-order valence-electron chi connectivity index (χ3n) is 2.99. The maximum Gasteiger partial charge on any atom is 0.332 e. The van der Waals surface area contributed by atoms with E-state index in [-0.39, 0.29) is 18.2 Å². The summed E-state index contributed by atoms with van der Waals surface area (Å²) in [5.74, 6) is -2.11. The number of carbonyl (C=O) groups is 2. The Balaban J connectivity index is 1.85. The molecule has 0 saturated carbocycles. The third-order valence-corrected chi connectivity index (χ3v) is 2.99. The molecule has 1 heterocycles. The van der Waals surface area contributed by atoms with Gasteiger partial charge in [-0.05, 0) is 25.0 Å². The molecule has 1 aliphatic rings. The molecule has 1 fully saturated rings. The summed E-state index contributed by atoms with van der Waals surface area (Å²) in [5, 5.41) is 11.3. The molecule has 6 heteroatoms. The van der Waals surface area contributed by atoms with Crippen molar-refractivity contribution in [3.8, 4) is 0 Å². The summed E-state index contributed by atoms with van der Waals surface area (Å²) in [7, 11) is 0. The second kappa shape index (κ2) is 5.79. The van der Waals surface area contributed by atoms with Gasteiger partial charge < -0.3 is 15.2 Å². The van der Waals surface area contributed by atoms with Gasteiger partial charge in [0.15, 0.2) is 6.10 Å². The van der Waals surface area contributed by atoms with Gasteiger partial charge in [0.1, 0.15) is 5.82 Å². The summed E-state index contributed by atoms with van der Waals surface area (Å²) in [4.78, 5) is 22.4. The van der Waals surface area contributed by atoms with Crippen molar-refractivity contribution in [2.75, 3.05) is 6.54 Å². The van der Waals surface area contributed by atoms with Gasteiger partial charge in [0, 0.05) is 6.54 Å². The summed E-state index contributed by atoms with van der Waals surface area (Å²) in [5.41, 5.74) is -0.0321. The van der Waals surface area contributed by atoms with Crippen molar-refractivity contribution in [3.05, 3.63) is 35.6 Å². The van der Waals surface area contributed by atoms with E-state index in [4.69, 9.17) is 9.84 Å². The molecule has 102 valence electrons. The predicted octanol–water partition coefficient (Wildman–Crippen LogP) is 1.19. The smallest absolute Gasteiger partial charge is 0.332 e. The van der Waals surface area contributed by atoms with E-state index in [2.05, 4.69) is 5.32 Å². The van der Waals surface area contributed by atoms with Crippen LogP contribution in [0.3, 0.4) is 0 Å². The van der Waals surface area contributed by atoms with Crippen LogP contribution in [0.15, 0.2) is 24.3 Å². The Morgan fingerprint density at radius 3 is 2.74 bits per heavy atom. The largest absolute Gasteiger partial charge is 0.479 e. The number of hydrogen-bond donors (Lipinski definition) is 2. The van der Waals surface area contributed by atoms with E-state index in [1.165, 1.54) is 18.2 Å². The maximum atomic E-state index is 13.3. The van der Waals surface area contributed by atoms with E-state index in [1.807, 2.05) is 0 Å². The van der Waals surface area contributed by atoms with Gasteiger partial charge in [0.2, 0.25) is 0 Å². The van der Waals surface area contributed by atoms with Gasteiger partial charge in [0.05, 0.1) is 11.7 Å². The van der Waals surface area contributed by atoms with Crippen molar-refractivity contribution in [2.45, 2.75) is 25.0 Å². The zero-order chi connectivity index (χ0) is 13.8. The van der Waals surface area contributed by atoms with Gasteiger partial charge in [-0.15, -0.1) is 0 Å². The molecule has 1 aromatic rings. The zero-order valence-electron chi connectivity index (χ0n) is 10.1. The molecule has 19 heavy (non-hydrogen) atoms. The Morgan fingerprint density at radius 2 is 2.11 bits per heavy atom. The minimum atomic E-state index is -0.997.